The van der Waals surface area contributed by atoms with Gasteiger partial charge >= 0.3 is 0 Å². The van der Waals surface area contributed by atoms with Crippen LogP contribution < -0.4 is 5.32 Å². The second-order valence-corrected chi connectivity index (χ2v) is 5.78. The highest BCUT2D eigenvalue weighted by Gasteiger charge is 2.14. The first-order chi connectivity index (χ1) is 10.6. The maximum absolute atomic E-state index is 12.1. The number of hydrogen-bond donors (Lipinski definition) is 1. The Morgan fingerprint density at radius 1 is 1.32 bits per heavy atom. The zero-order chi connectivity index (χ0) is 15.5. The third-order valence-electron chi connectivity index (χ3n) is 3.24. The number of thiazole rings is 1. The van der Waals surface area contributed by atoms with Crippen LogP contribution in [0.5, 0.6) is 0 Å². The zero-order valence-corrected chi connectivity index (χ0v) is 13.0. The van der Waals surface area contributed by atoms with Crippen molar-refractivity contribution >= 4 is 17.2 Å². The van der Waals surface area contributed by atoms with Crippen LogP contribution in [-0.2, 0) is 0 Å². The van der Waals surface area contributed by atoms with Gasteiger partial charge in [-0.15, -0.1) is 11.3 Å². The average Bonchev–Trinajstić information content (AvgIpc) is 3.18. The molecule has 0 fully saturated rings. The Hall–Kier alpha value is -2.54. The lowest BCUT2D eigenvalue weighted by Crippen LogP contribution is -2.26. The van der Waals surface area contributed by atoms with E-state index in [9.17, 15) is 4.79 Å². The number of benzene rings is 1. The summed E-state index contributed by atoms with van der Waals surface area (Å²) in [5.74, 6) is -0.147. The Kier molecular flexibility index (Phi) is 3.97. The number of nitrogens with zero attached hydrogens (tertiary/aromatic N) is 4. The Balaban J connectivity index is 1.69. The summed E-state index contributed by atoms with van der Waals surface area (Å²) in [6.07, 6.45) is 3.14. The number of amides is 1. The standard InChI is InChI=1S/C15H15N5OS/c1-10-7-22-15(18-10)14(21)19-11(2)12-3-5-13(6-4-12)20-9-16-8-17-20/h3-9,11H,1-2H3,(H,19,21)/t11-/m0/s1. The van der Waals surface area contributed by atoms with Gasteiger partial charge in [-0.25, -0.2) is 14.6 Å². The third-order valence-corrected chi connectivity index (χ3v) is 4.20. The third kappa shape index (κ3) is 3.04. The lowest BCUT2D eigenvalue weighted by atomic mass is 10.1. The second-order valence-electron chi connectivity index (χ2n) is 4.92. The van der Waals surface area contributed by atoms with Crippen molar-refractivity contribution in [2.45, 2.75) is 19.9 Å². The molecular weight excluding hydrogens is 298 g/mol. The lowest BCUT2D eigenvalue weighted by molar-refractivity contribution is 0.0939. The number of carbonyl (C=O) groups excluding carboxylic acids is 1. The minimum absolute atomic E-state index is 0.0958. The van der Waals surface area contributed by atoms with Crippen LogP contribution in [0, 0.1) is 6.92 Å². The number of carbonyl (C=O) groups is 1. The van der Waals surface area contributed by atoms with E-state index in [0.717, 1.165) is 16.9 Å². The van der Waals surface area contributed by atoms with E-state index in [1.54, 1.807) is 11.0 Å². The molecule has 0 saturated heterocycles. The summed E-state index contributed by atoms with van der Waals surface area (Å²) in [7, 11) is 0. The number of rotatable bonds is 4. The van der Waals surface area contributed by atoms with E-state index in [1.807, 2.05) is 43.5 Å². The zero-order valence-electron chi connectivity index (χ0n) is 12.2. The van der Waals surface area contributed by atoms with Gasteiger partial charge in [-0.05, 0) is 31.5 Å². The smallest absolute Gasteiger partial charge is 0.280 e. The molecule has 2 heterocycles. The molecule has 0 aliphatic rings. The van der Waals surface area contributed by atoms with E-state index in [0.29, 0.717) is 5.01 Å². The van der Waals surface area contributed by atoms with Gasteiger partial charge in [0.25, 0.3) is 5.91 Å². The predicted molar refractivity (Wildman–Crippen MR) is 84.1 cm³/mol. The Labute approximate surface area is 131 Å². The molecule has 1 N–H and O–H groups in total. The van der Waals surface area contributed by atoms with Gasteiger partial charge in [-0.1, -0.05) is 12.1 Å². The molecule has 3 aromatic rings. The monoisotopic (exact) mass is 313 g/mol. The van der Waals surface area contributed by atoms with E-state index in [2.05, 4.69) is 20.4 Å². The molecule has 0 radical (unpaired) electrons. The molecular formula is C15H15N5OS. The molecule has 0 aliphatic carbocycles. The fourth-order valence-electron chi connectivity index (χ4n) is 2.06. The normalized spacial score (nSPS) is 12.1. The molecule has 1 aromatic carbocycles. The fourth-order valence-corrected chi connectivity index (χ4v) is 2.75. The van der Waals surface area contributed by atoms with Crippen LogP contribution in [0.1, 0.15) is 34.0 Å². The fraction of sp³-hybridized carbons (Fsp3) is 0.200. The van der Waals surface area contributed by atoms with E-state index in [-0.39, 0.29) is 11.9 Å². The first-order valence-electron chi connectivity index (χ1n) is 6.81. The molecule has 0 saturated carbocycles. The molecule has 0 aliphatic heterocycles. The number of nitrogens with one attached hydrogen (secondary N) is 1. The van der Waals surface area contributed by atoms with Gasteiger partial charge < -0.3 is 5.32 Å². The Morgan fingerprint density at radius 2 is 2.09 bits per heavy atom. The molecule has 0 spiro atoms. The van der Waals surface area contributed by atoms with Gasteiger partial charge in [0.15, 0.2) is 5.01 Å². The van der Waals surface area contributed by atoms with Gasteiger partial charge in [0, 0.05) is 11.1 Å². The van der Waals surface area contributed by atoms with Crippen LogP contribution in [0.15, 0.2) is 42.3 Å². The van der Waals surface area contributed by atoms with Crippen LogP contribution >= 0.6 is 11.3 Å². The van der Waals surface area contributed by atoms with Gasteiger partial charge in [-0.2, -0.15) is 5.10 Å². The summed E-state index contributed by atoms with van der Waals surface area (Å²) in [6, 6.07) is 7.73. The molecule has 7 heteroatoms. The molecule has 1 atom stereocenters. The molecule has 3 rings (SSSR count). The van der Waals surface area contributed by atoms with Crippen LogP contribution in [-0.4, -0.2) is 25.7 Å². The molecule has 22 heavy (non-hydrogen) atoms. The summed E-state index contributed by atoms with van der Waals surface area (Å²) in [5.41, 5.74) is 2.81. The summed E-state index contributed by atoms with van der Waals surface area (Å²) < 4.78 is 1.69. The molecule has 6 nitrogen and oxygen atoms in total. The number of hydrogen-bond acceptors (Lipinski definition) is 5. The largest absolute Gasteiger partial charge is 0.343 e. The molecule has 0 unspecified atom stereocenters. The summed E-state index contributed by atoms with van der Waals surface area (Å²) in [6.45, 7) is 3.82. The number of aryl methyl sites for hydroxylation is 1. The molecule has 2 aromatic heterocycles. The maximum Gasteiger partial charge on any atom is 0.280 e. The topological polar surface area (TPSA) is 72.7 Å². The van der Waals surface area contributed by atoms with Crippen LogP contribution in [0.3, 0.4) is 0 Å². The van der Waals surface area contributed by atoms with Crippen LogP contribution in [0.25, 0.3) is 5.69 Å². The van der Waals surface area contributed by atoms with E-state index >= 15 is 0 Å². The lowest BCUT2D eigenvalue weighted by Gasteiger charge is -2.14. The average molecular weight is 313 g/mol. The van der Waals surface area contributed by atoms with Crippen molar-refractivity contribution in [3.63, 3.8) is 0 Å². The van der Waals surface area contributed by atoms with Gasteiger partial charge in [0.05, 0.1) is 11.7 Å². The first kappa shape index (κ1) is 14.4. The van der Waals surface area contributed by atoms with E-state index in [1.165, 1.54) is 17.7 Å². The molecule has 112 valence electrons. The van der Waals surface area contributed by atoms with Crippen LogP contribution in [0.4, 0.5) is 0 Å². The minimum Gasteiger partial charge on any atom is -0.343 e. The summed E-state index contributed by atoms with van der Waals surface area (Å²) in [4.78, 5) is 20.2. The molecule has 1 amide bonds. The highest BCUT2D eigenvalue weighted by Crippen LogP contribution is 2.16. The first-order valence-corrected chi connectivity index (χ1v) is 7.69. The van der Waals surface area contributed by atoms with Crippen LogP contribution in [0.2, 0.25) is 0 Å². The SMILES string of the molecule is Cc1csc(C(=O)N[C@@H](C)c2ccc(-n3cncn3)cc2)n1. The maximum atomic E-state index is 12.1. The van der Waals surface area contributed by atoms with Crippen molar-refractivity contribution in [3.8, 4) is 5.69 Å². The van der Waals surface area contributed by atoms with Crippen molar-refractivity contribution in [3.05, 3.63) is 58.6 Å². The van der Waals surface area contributed by atoms with Crippen molar-refractivity contribution in [1.82, 2.24) is 25.1 Å². The molecule has 0 bridgehead atoms. The van der Waals surface area contributed by atoms with Gasteiger partial charge in [0.2, 0.25) is 0 Å². The summed E-state index contributed by atoms with van der Waals surface area (Å²) in [5, 5.41) is 9.39. The highest BCUT2D eigenvalue weighted by molar-refractivity contribution is 7.11. The van der Waals surface area contributed by atoms with Crippen molar-refractivity contribution < 1.29 is 4.79 Å². The van der Waals surface area contributed by atoms with Crippen molar-refractivity contribution in [2.75, 3.05) is 0 Å². The van der Waals surface area contributed by atoms with Crippen molar-refractivity contribution in [1.29, 1.82) is 0 Å². The Bertz CT molecular complexity index is 764. The quantitative estimate of drug-likeness (QED) is 0.803. The van der Waals surface area contributed by atoms with Gasteiger partial charge in [-0.3, -0.25) is 4.79 Å². The van der Waals surface area contributed by atoms with Gasteiger partial charge in [0.1, 0.15) is 12.7 Å². The minimum atomic E-state index is -0.147. The highest BCUT2D eigenvalue weighted by atomic mass is 32.1. The second kappa shape index (κ2) is 6.07. The van der Waals surface area contributed by atoms with E-state index < -0.39 is 0 Å². The van der Waals surface area contributed by atoms with E-state index in [4.69, 9.17) is 0 Å². The predicted octanol–water partition coefficient (Wildman–Crippen LogP) is 2.52. The summed E-state index contributed by atoms with van der Waals surface area (Å²) >= 11 is 1.35. The number of aromatic nitrogens is 4. The Morgan fingerprint density at radius 3 is 2.68 bits per heavy atom. The van der Waals surface area contributed by atoms with Crippen molar-refractivity contribution in [2.24, 2.45) is 0 Å².